The minimum Gasteiger partial charge on any atom is -0.373 e. The first-order valence-electron chi connectivity index (χ1n) is 9.78. The molecule has 27 heavy (non-hydrogen) atoms. The van der Waals surface area contributed by atoms with Crippen LogP contribution in [0.15, 0.2) is 66.7 Å². The van der Waals surface area contributed by atoms with E-state index in [0.717, 1.165) is 19.4 Å². The lowest BCUT2D eigenvalue weighted by atomic mass is 9.57. The van der Waals surface area contributed by atoms with Gasteiger partial charge in [-0.1, -0.05) is 60.7 Å². The summed E-state index contributed by atoms with van der Waals surface area (Å²) < 4.78 is 11.2. The van der Waals surface area contributed by atoms with Crippen LogP contribution in [0.5, 0.6) is 0 Å². The lowest BCUT2D eigenvalue weighted by molar-refractivity contribution is -0.116. The number of anilines is 1. The van der Waals surface area contributed by atoms with Gasteiger partial charge in [-0.3, -0.25) is 0 Å². The fourth-order valence-corrected chi connectivity index (χ4v) is 5.30. The van der Waals surface area contributed by atoms with E-state index in [4.69, 9.17) is 9.47 Å². The highest BCUT2D eigenvalue weighted by molar-refractivity contribution is 5.64. The first-order chi connectivity index (χ1) is 13.2. The van der Waals surface area contributed by atoms with E-state index in [1.807, 2.05) is 0 Å². The number of likely N-dealkylation sites (N-methyl/N-ethyl adjacent to an activating group) is 1. The van der Waals surface area contributed by atoms with Crippen LogP contribution in [0.2, 0.25) is 0 Å². The van der Waals surface area contributed by atoms with Crippen LogP contribution in [-0.2, 0) is 14.9 Å². The van der Waals surface area contributed by atoms with Gasteiger partial charge < -0.3 is 14.4 Å². The largest absolute Gasteiger partial charge is 0.373 e. The Morgan fingerprint density at radius 2 is 1.74 bits per heavy atom. The zero-order valence-electron chi connectivity index (χ0n) is 16.5. The van der Waals surface area contributed by atoms with Crippen LogP contribution in [0.3, 0.4) is 0 Å². The van der Waals surface area contributed by atoms with Gasteiger partial charge >= 0.3 is 0 Å². The maximum Gasteiger partial charge on any atom is 0.157 e. The lowest BCUT2D eigenvalue weighted by Crippen LogP contribution is -2.46. The third-order valence-electron chi connectivity index (χ3n) is 6.51. The number of fused-ring (bicyclic) bond motifs is 2. The highest BCUT2D eigenvalue weighted by Crippen LogP contribution is 2.57. The predicted molar refractivity (Wildman–Crippen MR) is 110 cm³/mol. The Morgan fingerprint density at radius 1 is 1.04 bits per heavy atom. The Morgan fingerprint density at radius 3 is 2.48 bits per heavy atom. The van der Waals surface area contributed by atoms with Gasteiger partial charge in [-0.25, -0.2) is 0 Å². The molecular formula is C24H29NO2. The molecule has 3 nitrogen and oxygen atoms in total. The van der Waals surface area contributed by atoms with Crippen LogP contribution in [-0.4, -0.2) is 34.1 Å². The van der Waals surface area contributed by atoms with Crippen LogP contribution in [0.4, 0.5) is 5.69 Å². The Kier molecular flexibility index (Phi) is 5.07. The fourth-order valence-electron chi connectivity index (χ4n) is 5.30. The van der Waals surface area contributed by atoms with Gasteiger partial charge in [-0.05, 0) is 35.4 Å². The van der Waals surface area contributed by atoms with E-state index >= 15 is 0 Å². The summed E-state index contributed by atoms with van der Waals surface area (Å²) >= 11 is 0. The predicted octanol–water partition coefficient (Wildman–Crippen LogP) is 4.74. The van der Waals surface area contributed by atoms with E-state index in [9.17, 15) is 0 Å². The molecule has 0 amide bonds. The van der Waals surface area contributed by atoms with Crippen molar-refractivity contribution in [1.29, 1.82) is 0 Å². The van der Waals surface area contributed by atoms with Gasteiger partial charge in [0.05, 0.1) is 0 Å². The number of rotatable bonds is 5. The molecule has 0 unspecified atom stereocenters. The van der Waals surface area contributed by atoms with Gasteiger partial charge in [-0.2, -0.15) is 0 Å². The Bertz CT molecular complexity index is 799. The molecule has 0 saturated heterocycles. The molecule has 142 valence electrons. The average molecular weight is 364 g/mol. The van der Waals surface area contributed by atoms with E-state index in [1.165, 1.54) is 16.8 Å². The number of ether oxygens (including phenoxy) is 2. The molecule has 0 radical (unpaired) electrons. The molecule has 0 fully saturated rings. The van der Waals surface area contributed by atoms with E-state index in [2.05, 4.69) is 78.7 Å². The molecule has 2 aliphatic rings. The van der Waals surface area contributed by atoms with E-state index in [0.29, 0.717) is 11.8 Å². The minimum absolute atomic E-state index is 0.0246. The number of hydrogen-bond donors (Lipinski definition) is 0. The summed E-state index contributed by atoms with van der Waals surface area (Å²) in [5, 5.41) is 0. The summed E-state index contributed by atoms with van der Waals surface area (Å²) in [5.74, 6) is 0.793. The van der Waals surface area contributed by atoms with Crippen molar-refractivity contribution in [3.63, 3.8) is 0 Å². The summed E-state index contributed by atoms with van der Waals surface area (Å²) in [6, 6.07) is 19.9. The average Bonchev–Trinajstić information content (AvgIpc) is 3.01. The van der Waals surface area contributed by atoms with Crippen molar-refractivity contribution in [1.82, 2.24) is 0 Å². The second-order valence-electron chi connectivity index (χ2n) is 7.78. The third kappa shape index (κ3) is 2.99. The number of hydrogen-bond acceptors (Lipinski definition) is 3. The summed E-state index contributed by atoms with van der Waals surface area (Å²) in [4.78, 5) is 2.42. The molecule has 0 saturated carbocycles. The van der Waals surface area contributed by atoms with E-state index < -0.39 is 0 Å². The Hall–Kier alpha value is -2.10. The smallest absolute Gasteiger partial charge is 0.157 e. The van der Waals surface area contributed by atoms with E-state index in [1.54, 1.807) is 14.2 Å². The van der Waals surface area contributed by atoms with Gasteiger partial charge in [0, 0.05) is 45.3 Å². The maximum absolute atomic E-state index is 5.59. The topological polar surface area (TPSA) is 21.7 Å². The van der Waals surface area contributed by atoms with Crippen LogP contribution in [0, 0.1) is 5.92 Å². The van der Waals surface area contributed by atoms with Crippen molar-refractivity contribution in [3.8, 4) is 0 Å². The second kappa shape index (κ2) is 7.49. The molecule has 1 aliphatic heterocycles. The summed E-state index contributed by atoms with van der Waals surface area (Å²) in [6.45, 7) is 1.01. The summed E-state index contributed by atoms with van der Waals surface area (Å²) in [6.07, 6.45) is 6.49. The monoisotopic (exact) mass is 363 g/mol. The number of benzene rings is 2. The van der Waals surface area contributed by atoms with Gasteiger partial charge in [0.15, 0.2) is 6.29 Å². The lowest BCUT2D eigenvalue weighted by Gasteiger charge is -2.46. The molecule has 0 aromatic heterocycles. The van der Waals surface area contributed by atoms with Gasteiger partial charge in [-0.15, -0.1) is 0 Å². The SMILES string of the molecule is COC(C[C@H]1C=CC[C@H](c2ccccc2)[C@@]12CN(C)c1ccccc12)OC. The highest BCUT2D eigenvalue weighted by Gasteiger charge is 2.53. The second-order valence-corrected chi connectivity index (χ2v) is 7.78. The van der Waals surface area contributed by atoms with Gasteiger partial charge in [0.25, 0.3) is 0 Å². The molecule has 2 aromatic rings. The molecule has 1 spiro atoms. The Labute approximate surface area is 162 Å². The fraction of sp³-hybridized carbons (Fsp3) is 0.417. The van der Waals surface area contributed by atoms with Crippen molar-refractivity contribution in [3.05, 3.63) is 77.9 Å². The molecule has 0 bridgehead atoms. The number of methoxy groups -OCH3 is 2. The maximum atomic E-state index is 5.59. The third-order valence-corrected chi connectivity index (χ3v) is 6.51. The van der Waals surface area contributed by atoms with Crippen LogP contribution in [0.25, 0.3) is 0 Å². The molecule has 0 N–H and O–H groups in total. The van der Waals surface area contributed by atoms with Crippen molar-refractivity contribution in [2.24, 2.45) is 5.92 Å². The zero-order valence-corrected chi connectivity index (χ0v) is 16.5. The molecule has 2 aromatic carbocycles. The molecule has 3 atom stereocenters. The molecule has 1 heterocycles. The van der Waals surface area contributed by atoms with Gasteiger partial charge in [0.1, 0.15) is 0 Å². The van der Waals surface area contributed by atoms with Crippen LogP contribution in [0.1, 0.15) is 29.9 Å². The van der Waals surface area contributed by atoms with Crippen molar-refractivity contribution < 1.29 is 9.47 Å². The first kappa shape index (κ1) is 18.3. The number of allylic oxidation sites excluding steroid dienone is 2. The molecule has 1 aliphatic carbocycles. The molecule has 4 rings (SSSR count). The van der Waals surface area contributed by atoms with Crippen LogP contribution < -0.4 is 4.90 Å². The highest BCUT2D eigenvalue weighted by atomic mass is 16.7. The van der Waals surface area contributed by atoms with Crippen molar-refractivity contribution in [2.45, 2.75) is 30.5 Å². The summed E-state index contributed by atoms with van der Waals surface area (Å²) in [5.41, 5.74) is 4.26. The van der Waals surface area contributed by atoms with Gasteiger partial charge in [0.2, 0.25) is 0 Å². The Balaban J connectivity index is 1.86. The first-order valence-corrected chi connectivity index (χ1v) is 9.78. The minimum atomic E-state index is -0.191. The summed E-state index contributed by atoms with van der Waals surface area (Å²) in [7, 11) is 5.68. The quantitative estimate of drug-likeness (QED) is 0.566. The zero-order chi connectivity index (χ0) is 18.9. The standard InChI is InChI=1S/C24H29NO2/c1-25-17-24(21-13-7-8-15-22(21)25)19(16-23(26-2)27-3)12-9-14-20(24)18-10-5-4-6-11-18/h4-13,15,19-20,23H,14,16-17H2,1-3H3/t19-,20-,24-/m1/s1. The van der Waals surface area contributed by atoms with E-state index in [-0.39, 0.29) is 11.7 Å². The van der Waals surface area contributed by atoms with Crippen molar-refractivity contribution in [2.75, 3.05) is 32.7 Å². The van der Waals surface area contributed by atoms with Crippen LogP contribution >= 0.6 is 0 Å². The molecule has 3 heteroatoms. The number of nitrogens with zero attached hydrogens (tertiary/aromatic N) is 1. The number of para-hydroxylation sites is 1. The van der Waals surface area contributed by atoms with Crippen molar-refractivity contribution >= 4 is 5.69 Å². The normalized spacial score (nSPS) is 26.7. The molecular weight excluding hydrogens is 334 g/mol.